The molecule has 2 heterocycles. The van der Waals surface area contributed by atoms with Crippen molar-refractivity contribution in [2.24, 2.45) is 0 Å². The predicted octanol–water partition coefficient (Wildman–Crippen LogP) is 2.16. The van der Waals surface area contributed by atoms with Crippen molar-refractivity contribution in [3.63, 3.8) is 0 Å². The van der Waals surface area contributed by atoms with Crippen LogP contribution < -0.4 is 10.6 Å². The van der Waals surface area contributed by atoms with Gasteiger partial charge in [-0.05, 0) is 19.4 Å². The van der Waals surface area contributed by atoms with E-state index in [0.29, 0.717) is 11.0 Å². The second-order valence-corrected chi connectivity index (χ2v) is 5.60. The van der Waals surface area contributed by atoms with Gasteiger partial charge in [0.25, 0.3) is 0 Å². The van der Waals surface area contributed by atoms with E-state index in [1.54, 1.807) is 0 Å². The van der Waals surface area contributed by atoms with Crippen LogP contribution in [0.4, 0.5) is 5.13 Å². The highest BCUT2D eigenvalue weighted by molar-refractivity contribution is 7.15. The van der Waals surface area contributed by atoms with E-state index in [-0.39, 0.29) is 24.4 Å². The highest BCUT2D eigenvalue weighted by Gasteiger charge is 2.21. The topological polar surface area (TPSA) is 66.9 Å². The van der Waals surface area contributed by atoms with Crippen molar-refractivity contribution in [1.29, 1.82) is 0 Å². The number of nitrogens with one attached hydrogen (secondary N) is 2. The number of amides is 1. The maximum atomic E-state index is 11.9. The van der Waals surface area contributed by atoms with Crippen molar-refractivity contribution in [3.8, 4) is 0 Å². The first kappa shape index (κ1) is 15.3. The average molecular weight is 291 g/mol. The second-order valence-electron chi connectivity index (χ2n) is 4.59. The first-order chi connectivity index (χ1) is 8.16. The van der Waals surface area contributed by atoms with Crippen molar-refractivity contribution in [2.45, 2.75) is 45.1 Å². The fraction of sp³-hybridized carbons (Fsp3) is 0.727. The molecule has 1 aliphatic rings. The fourth-order valence-corrected chi connectivity index (χ4v) is 2.54. The van der Waals surface area contributed by atoms with E-state index in [9.17, 15) is 4.79 Å². The summed E-state index contributed by atoms with van der Waals surface area (Å²) in [4.78, 5) is 11.9. The molecule has 2 N–H and O–H groups in total. The second kappa shape index (κ2) is 7.01. The molecule has 5 nitrogen and oxygen atoms in total. The van der Waals surface area contributed by atoms with E-state index in [2.05, 4.69) is 34.7 Å². The SMILES string of the molecule is CC(C)c1nnc(NC(=O)C2CCCCN2)s1.Cl. The molecule has 0 spiro atoms. The summed E-state index contributed by atoms with van der Waals surface area (Å²) in [6.07, 6.45) is 3.17. The van der Waals surface area contributed by atoms with Crippen molar-refractivity contribution >= 4 is 34.8 Å². The van der Waals surface area contributed by atoms with Crippen LogP contribution in [-0.2, 0) is 4.79 Å². The smallest absolute Gasteiger partial charge is 0.243 e. The first-order valence-corrected chi connectivity index (χ1v) is 6.86. The molecule has 7 heteroatoms. The lowest BCUT2D eigenvalue weighted by Gasteiger charge is -2.21. The highest BCUT2D eigenvalue weighted by Crippen LogP contribution is 2.22. The molecule has 2 rings (SSSR count). The Kier molecular flexibility index (Phi) is 5.98. The zero-order chi connectivity index (χ0) is 12.3. The molecular formula is C11H19ClN4OS. The monoisotopic (exact) mass is 290 g/mol. The Labute approximate surface area is 117 Å². The largest absolute Gasteiger partial charge is 0.306 e. The minimum absolute atomic E-state index is 0. The quantitative estimate of drug-likeness (QED) is 0.895. The third-order valence-corrected chi connectivity index (χ3v) is 3.93. The van der Waals surface area contributed by atoms with Gasteiger partial charge in [0.15, 0.2) is 0 Å². The minimum atomic E-state index is -0.0739. The van der Waals surface area contributed by atoms with Crippen molar-refractivity contribution in [1.82, 2.24) is 15.5 Å². The fourth-order valence-electron chi connectivity index (χ4n) is 1.79. The number of rotatable bonds is 3. The van der Waals surface area contributed by atoms with Crippen LogP contribution in [0.25, 0.3) is 0 Å². The Bertz CT molecular complexity index is 390. The number of halogens is 1. The average Bonchev–Trinajstić information content (AvgIpc) is 2.79. The summed E-state index contributed by atoms with van der Waals surface area (Å²) in [6, 6.07) is -0.0739. The van der Waals surface area contributed by atoms with E-state index < -0.39 is 0 Å². The standard InChI is InChI=1S/C11H18N4OS.ClH/c1-7(2)10-14-15-11(17-10)13-9(16)8-5-3-4-6-12-8;/h7-8,12H,3-6H2,1-2H3,(H,13,15,16);1H. The van der Waals surface area contributed by atoms with Gasteiger partial charge < -0.3 is 5.32 Å². The van der Waals surface area contributed by atoms with Gasteiger partial charge in [0, 0.05) is 5.92 Å². The summed E-state index contributed by atoms with van der Waals surface area (Å²) >= 11 is 1.45. The Morgan fingerprint density at radius 2 is 2.22 bits per heavy atom. The molecule has 1 fully saturated rings. The molecule has 1 saturated heterocycles. The molecule has 1 aromatic heterocycles. The zero-order valence-corrected chi connectivity index (χ0v) is 12.2. The van der Waals surface area contributed by atoms with Crippen molar-refractivity contribution in [2.75, 3.05) is 11.9 Å². The van der Waals surface area contributed by atoms with E-state index in [1.807, 2.05) is 0 Å². The molecule has 1 unspecified atom stereocenters. The lowest BCUT2D eigenvalue weighted by Crippen LogP contribution is -2.43. The van der Waals surface area contributed by atoms with Crippen LogP contribution in [0.3, 0.4) is 0 Å². The lowest BCUT2D eigenvalue weighted by atomic mass is 10.0. The maximum absolute atomic E-state index is 11.9. The lowest BCUT2D eigenvalue weighted by molar-refractivity contribution is -0.118. The van der Waals surface area contributed by atoms with Crippen LogP contribution in [0.5, 0.6) is 0 Å². The molecule has 0 aromatic carbocycles. The normalized spacial score (nSPS) is 19.4. The zero-order valence-electron chi connectivity index (χ0n) is 10.6. The molecule has 18 heavy (non-hydrogen) atoms. The van der Waals surface area contributed by atoms with Crippen molar-refractivity contribution < 1.29 is 4.79 Å². The molecule has 0 saturated carbocycles. The molecule has 0 bridgehead atoms. The van der Waals surface area contributed by atoms with E-state index >= 15 is 0 Å². The Morgan fingerprint density at radius 3 is 2.78 bits per heavy atom. The third kappa shape index (κ3) is 3.90. The van der Waals surface area contributed by atoms with Gasteiger partial charge in [-0.25, -0.2) is 0 Å². The summed E-state index contributed by atoms with van der Waals surface area (Å²) in [5.74, 6) is 0.363. The van der Waals surface area contributed by atoms with Crippen LogP contribution >= 0.6 is 23.7 Å². The highest BCUT2D eigenvalue weighted by atomic mass is 35.5. The van der Waals surface area contributed by atoms with Crippen LogP contribution in [-0.4, -0.2) is 28.7 Å². The Hall–Kier alpha value is -0.720. The number of piperidine rings is 1. The van der Waals surface area contributed by atoms with Gasteiger partial charge in [-0.15, -0.1) is 22.6 Å². The summed E-state index contributed by atoms with van der Waals surface area (Å²) < 4.78 is 0. The minimum Gasteiger partial charge on any atom is -0.306 e. The number of carbonyl (C=O) groups excluding carboxylic acids is 1. The number of aromatic nitrogens is 2. The molecule has 1 amide bonds. The molecule has 1 aliphatic heterocycles. The van der Waals surface area contributed by atoms with Gasteiger partial charge in [0.1, 0.15) is 5.01 Å². The predicted molar refractivity (Wildman–Crippen MR) is 75.5 cm³/mol. The van der Waals surface area contributed by atoms with Crippen LogP contribution in [0, 0.1) is 0 Å². The van der Waals surface area contributed by atoms with Crippen LogP contribution in [0.15, 0.2) is 0 Å². The molecule has 0 radical (unpaired) electrons. The molecule has 102 valence electrons. The van der Waals surface area contributed by atoms with Crippen LogP contribution in [0.2, 0.25) is 0 Å². The van der Waals surface area contributed by atoms with Crippen LogP contribution in [0.1, 0.15) is 44.0 Å². The number of hydrogen-bond donors (Lipinski definition) is 2. The molecule has 1 aromatic rings. The number of carbonyl (C=O) groups is 1. The van der Waals surface area contributed by atoms with Gasteiger partial charge >= 0.3 is 0 Å². The number of anilines is 1. The van der Waals surface area contributed by atoms with E-state index in [1.165, 1.54) is 11.3 Å². The first-order valence-electron chi connectivity index (χ1n) is 6.04. The summed E-state index contributed by atoms with van der Waals surface area (Å²) in [7, 11) is 0. The van der Waals surface area contributed by atoms with Gasteiger partial charge in [-0.1, -0.05) is 31.6 Å². The van der Waals surface area contributed by atoms with Gasteiger partial charge in [0.2, 0.25) is 11.0 Å². The Balaban J connectivity index is 0.00000162. The van der Waals surface area contributed by atoms with Gasteiger partial charge in [0.05, 0.1) is 6.04 Å². The van der Waals surface area contributed by atoms with E-state index in [4.69, 9.17) is 0 Å². The molecule has 1 atom stereocenters. The molecular weight excluding hydrogens is 272 g/mol. The van der Waals surface area contributed by atoms with Gasteiger partial charge in [-0.3, -0.25) is 10.1 Å². The summed E-state index contributed by atoms with van der Waals surface area (Å²) in [5.41, 5.74) is 0. The van der Waals surface area contributed by atoms with Gasteiger partial charge in [-0.2, -0.15) is 0 Å². The van der Waals surface area contributed by atoms with Crippen molar-refractivity contribution in [3.05, 3.63) is 5.01 Å². The Morgan fingerprint density at radius 1 is 1.44 bits per heavy atom. The number of nitrogens with zero attached hydrogens (tertiary/aromatic N) is 2. The van der Waals surface area contributed by atoms with E-state index in [0.717, 1.165) is 30.8 Å². The molecule has 0 aliphatic carbocycles. The summed E-state index contributed by atoms with van der Waals surface area (Å²) in [6.45, 7) is 5.05. The number of hydrogen-bond acceptors (Lipinski definition) is 5. The maximum Gasteiger partial charge on any atom is 0.243 e. The summed E-state index contributed by atoms with van der Waals surface area (Å²) in [5, 5.41) is 15.6. The third-order valence-electron chi connectivity index (χ3n) is 2.79.